The molecule has 0 fully saturated rings. The Bertz CT molecular complexity index is 592. The van der Waals surface area contributed by atoms with E-state index >= 15 is 0 Å². The summed E-state index contributed by atoms with van der Waals surface area (Å²) in [6, 6.07) is 15.3. The Hall–Kier alpha value is -1.12. The largest absolute Gasteiger partial charge is 0.381 e. The van der Waals surface area contributed by atoms with Crippen molar-refractivity contribution in [1.29, 1.82) is 0 Å². The normalized spacial score (nSPS) is 18.1. The summed E-state index contributed by atoms with van der Waals surface area (Å²) < 4.78 is 6.60. The van der Waals surface area contributed by atoms with Gasteiger partial charge in [0.1, 0.15) is 0 Å². The van der Waals surface area contributed by atoms with Gasteiger partial charge in [0.05, 0.1) is 6.10 Å². The Labute approximate surface area is 122 Å². The van der Waals surface area contributed by atoms with Crippen molar-refractivity contribution in [2.75, 3.05) is 7.11 Å². The van der Waals surface area contributed by atoms with Crippen LogP contribution in [0.1, 0.15) is 17.5 Å². The molecule has 0 heterocycles. The summed E-state index contributed by atoms with van der Waals surface area (Å²) in [6.45, 7) is 0. The monoisotopic (exact) mass is 316 g/mol. The number of methoxy groups -OCH3 is 1. The maximum absolute atomic E-state index is 5.47. The lowest BCUT2D eigenvalue weighted by atomic mass is 9.87. The van der Waals surface area contributed by atoms with Crippen LogP contribution in [-0.4, -0.2) is 13.2 Å². The van der Waals surface area contributed by atoms with Crippen LogP contribution in [0.4, 0.5) is 0 Å². The van der Waals surface area contributed by atoms with Crippen molar-refractivity contribution in [1.82, 2.24) is 0 Å². The van der Waals surface area contributed by atoms with Gasteiger partial charge >= 0.3 is 0 Å². The highest BCUT2D eigenvalue weighted by Crippen LogP contribution is 2.29. The van der Waals surface area contributed by atoms with E-state index in [1.165, 1.54) is 22.3 Å². The van der Waals surface area contributed by atoms with E-state index in [1.807, 2.05) is 7.11 Å². The van der Waals surface area contributed by atoms with Crippen LogP contribution in [0.15, 0.2) is 46.9 Å². The van der Waals surface area contributed by atoms with Gasteiger partial charge in [-0.15, -0.1) is 0 Å². The number of benzene rings is 2. The van der Waals surface area contributed by atoms with E-state index in [9.17, 15) is 0 Å². The van der Waals surface area contributed by atoms with Crippen LogP contribution in [0.3, 0.4) is 0 Å². The fourth-order valence-corrected chi connectivity index (χ4v) is 3.17. The molecule has 1 unspecified atom stereocenters. The second kappa shape index (κ2) is 5.48. The first-order chi connectivity index (χ1) is 9.26. The van der Waals surface area contributed by atoms with Gasteiger partial charge in [-0.1, -0.05) is 46.3 Å². The molecule has 0 amide bonds. The summed E-state index contributed by atoms with van der Waals surface area (Å²) in [7, 11) is 1.81. The molecule has 2 aromatic rings. The van der Waals surface area contributed by atoms with Crippen LogP contribution in [0, 0.1) is 0 Å². The van der Waals surface area contributed by atoms with Crippen LogP contribution in [0.25, 0.3) is 11.1 Å². The van der Waals surface area contributed by atoms with Crippen molar-refractivity contribution in [2.45, 2.75) is 25.4 Å². The van der Waals surface area contributed by atoms with E-state index < -0.39 is 0 Å². The fraction of sp³-hybridized carbons (Fsp3) is 0.294. The third-order valence-corrected chi connectivity index (χ3v) is 4.37. The molecule has 0 saturated carbocycles. The quantitative estimate of drug-likeness (QED) is 0.785. The minimum Gasteiger partial charge on any atom is -0.381 e. The number of hydrogen-bond acceptors (Lipinski definition) is 1. The van der Waals surface area contributed by atoms with E-state index in [1.54, 1.807) is 0 Å². The SMILES string of the molecule is COC1CCc2cc(-c3cccc(Br)c3)ccc2C1. The molecule has 0 bridgehead atoms. The second-order valence-corrected chi connectivity index (χ2v) is 6.01. The highest BCUT2D eigenvalue weighted by molar-refractivity contribution is 9.10. The van der Waals surface area contributed by atoms with E-state index in [0.29, 0.717) is 6.10 Å². The van der Waals surface area contributed by atoms with Crippen LogP contribution >= 0.6 is 15.9 Å². The van der Waals surface area contributed by atoms with Crippen molar-refractivity contribution in [3.05, 3.63) is 58.1 Å². The first-order valence-corrected chi connectivity index (χ1v) is 7.46. The molecule has 1 aliphatic rings. The van der Waals surface area contributed by atoms with Crippen molar-refractivity contribution >= 4 is 15.9 Å². The summed E-state index contributed by atoms with van der Waals surface area (Å²) in [4.78, 5) is 0. The topological polar surface area (TPSA) is 9.23 Å². The molecule has 1 aliphatic carbocycles. The molecule has 2 aromatic carbocycles. The first-order valence-electron chi connectivity index (χ1n) is 6.67. The van der Waals surface area contributed by atoms with E-state index in [0.717, 1.165) is 23.7 Å². The Morgan fingerprint density at radius 1 is 1.05 bits per heavy atom. The first kappa shape index (κ1) is 12.9. The number of ether oxygens (including phenoxy) is 1. The van der Waals surface area contributed by atoms with E-state index in [-0.39, 0.29) is 0 Å². The molecule has 0 radical (unpaired) electrons. The van der Waals surface area contributed by atoms with Gasteiger partial charge in [-0.25, -0.2) is 0 Å². The van der Waals surface area contributed by atoms with Crippen LogP contribution in [-0.2, 0) is 17.6 Å². The van der Waals surface area contributed by atoms with Crippen molar-refractivity contribution in [2.24, 2.45) is 0 Å². The number of aryl methyl sites for hydroxylation is 1. The summed E-state index contributed by atoms with van der Waals surface area (Å²) in [5.74, 6) is 0. The number of hydrogen-bond donors (Lipinski definition) is 0. The summed E-state index contributed by atoms with van der Waals surface area (Å²) in [5, 5.41) is 0. The molecular formula is C17H17BrO. The zero-order valence-electron chi connectivity index (χ0n) is 11.0. The Morgan fingerprint density at radius 2 is 1.89 bits per heavy atom. The van der Waals surface area contributed by atoms with E-state index in [4.69, 9.17) is 4.74 Å². The van der Waals surface area contributed by atoms with Gasteiger partial charge in [0.2, 0.25) is 0 Å². The molecule has 0 N–H and O–H groups in total. The predicted octanol–water partition coefficient (Wildman–Crippen LogP) is 4.62. The van der Waals surface area contributed by atoms with Gasteiger partial charge in [-0.3, -0.25) is 0 Å². The summed E-state index contributed by atoms with van der Waals surface area (Å²) in [6.07, 6.45) is 3.69. The molecule has 0 saturated heterocycles. The predicted molar refractivity (Wildman–Crippen MR) is 82.4 cm³/mol. The molecule has 98 valence electrons. The minimum atomic E-state index is 0.393. The second-order valence-electron chi connectivity index (χ2n) is 5.09. The fourth-order valence-electron chi connectivity index (χ4n) is 2.77. The molecular weight excluding hydrogens is 300 g/mol. The Balaban J connectivity index is 1.94. The molecule has 0 spiro atoms. The Kier molecular flexibility index (Phi) is 3.72. The lowest BCUT2D eigenvalue weighted by molar-refractivity contribution is 0.0911. The van der Waals surface area contributed by atoms with Crippen LogP contribution in [0.2, 0.25) is 0 Å². The van der Waals surface area contributed by atoms with Crippen molar-refractivity contribution in [3.8, 4) is 11.1 Å². The van der Waals surface area contributed by atoms with E-state index in [2.05, 4.69) is 58.4 Å². The molecule has 2 heteroatoms. The maximum atomic E-state index is 5.47. The zero-order chi connectivity index (χ0) is 13.2. The van der Waals surface area contributed by atoms with Crippen LogP contribution < -0.4 is 0 Å². The lowest BCUT2D eigenvalue weighted by Crippen LogP contribution is -2.20. The smallest absolute Gasteiger partial charge is 0.0614 e. The summed E-state index contributed by atoms with van der Waals surface area (Å²) in [5.41, 5.74) is 5.49. The third kappa shape index (κ3) is 2.75. The zero-order valence-corrected chi connectivity index (χ0v) is 12.6. The van der Waals surface area contributed by atoms with Crippen molar-refractivity contribution in [3.63, 3.8) is 0 Å². The molecule has 0 aromatic heterocycles. The lowest BCUT2D eigenvalue weighted by Gasteiger charge is -2.24. The molecule has 1 nitrogen and oxygen atoms in total. The molecule has 0 aliphatic heterocycles. The average Bonchev–Trinajstić information content (AvgIpc) is 2.46. The molecule has 1 atom stereocenters. The van der Waals surface area contributed by atoms with Crippen LogP contribution in [0.5, 0.6) is 0 Å². The van der Waals surface area contributed by atoms with Gasteiger partial charge in [0, 0.05) is 11.6 Å². The average molecular weight is 317 g/mol. The van der Waals surface area contributed by atoms with Crippen molar-refractivity contribution < 1.29 is 4.74 Å². The van der Waals surface area contributed by atoms with Gasteiger partial charge in [-0.05, 0) is 53.6 Å². The third-order valence-electron chi connectivity index (χ3n) is 3.88. The Morgan fingerprint density at radius 3 is 2.68 bits per heavy atom. The minimum absolute atomic E-state index is 0.393. The molecule has 19 heavy (non-hydrogen) atoms. The highest BCUT2D eigenvalue weighted by Gasteiger charge is 2.18. The maximum Gasteiger partial charge on any atom is 0.0614 e. The molecule has 3 rings (SSSR count). The highest BCUT2D eigenvalue weighted by atomic mass is 79.9. The van der Waals surface area contributed by atoms with Gasteiger partial charge in [0.25, 0.3) is 0 Å². The standard InChI is InChI=1S/C17H17BrO/c1-19-17-8-7-14-9-13(5-6-15(14)11-17)12-3-2-4-16(18)10-12/h2-6,9-10,17H,7-8,11H2,1H3. The van der Waals surface area contributed by atoms with Gasteiger partial charge in [0.15, 0.2) is 0 Å². The number of fused-ring (bicyclic) bond motifs is 1. The number of rotatable bonds is 2. The van der Waals surface area contributed by atoms with Gasteiger partial charge < -0.3 is 4.74 Å². The number of halogens is 1. The van der Waals surface area contributed by atoms with Gasteiger partial charge in [-0.2, -0.15) is 0 Å². The summed E-state index contributed by atoms with van der Waals surface area (Å²) >= 11 is 3.53.